The molecule has 2 unspecified atom stereocenters. The second-order valence-corrected chi connectivity index (χ2v) is 5.34. The lowest BCUT2D eigenvalue weighted by Crippen LogP contribution is -2.41. The molecule has 0 aromatic heterocycles. The zero-order valence-electron chi connectivity index (χ0n) is 12.8. The van der Waals surface area contributed by atoms with Gasteiger partial charge in [0.25, 0.3) is 0 Å². The molecule has 1 heterocycles. The normalized spacial score (nSPS) is 19.2. The van der Waals surface area contributed by atoms with E-state index in [9.17, 15) is 23.1 Å². The number of aliphatic hydroxyl groups excluding tert-OH is 1. The van der Waals surface area contributed by atoms with E-state index in [0.29, 0.717) is 13.2 Å². The maximum absolute atomic E-state index is 12.6. The van der Waals surface area contributed by atoms with E-state index in [-0.39, 0.29) is 42.9 Å². The molecule has 24 heavy (non-hydrogen) atoms. The lowest BCUT2D eigenvalue weighted by molar-refractivity contribution is -0.137. The summed E-state index contributed by atoms with van der Waals surface area (Å²) >= 11 is 0. The third kappa shape index (κ3) is 6.27. The second kappa shape index (κ2) is 9.22. The summed E-state index contributed by atoms with van der Waals surface area (Å²) in [5, 5.41) is 15.5. The van der Waals surface area contributed by atoms with Crippen LogP contribution in [0, 0.1) is 0 Å². The van der Waals surface area contributed by atoms with E-state index in [2.05, 4.69) is 10.6 Å². The maximum atomic E-state index is 12.6. The Bertz CT molecular complexity index is 537. The molecule has 2 rings (SSSR count). The zero-order valence-corrected chi connectivity index (χ0v) is 13.6. The van der Waals surface area contributed by atoms with Crippen LogP contribution in [0.2, 0.25) is 0 Å². The first-order chi connectivity index (χ1) is 10.9. The summed E-state index contributed by atoms with van der Waals surface area (Å²) in [5.74, 6) is -0.315. The summed E-state index contributed by atoms with van der Waals surface area (Å²) < 4.78 is 43.3. The molecule has 1 aromatic rings. The van der Waals surface area contributed by atoms with E-state index in [1.807, 2.05) is 0 Å². The Hall–Kier alpha value is -1.35. The molecule has 0 saturated carbocycles. The van der Waals surface area contributed by atoms with Crippen LogP contribution in [0.3, 0.4) is 0 Å². The Morgan fingerprint density at radius 2 is 2.21 bits per heavy atom. The van der Waals surface area contributed by atoms with Crippen LogP contribution in [-0.2, 0) is 15.7 Å². The van der Waals surface area contributed by atoms with Crippen LogP contribution in [0.15, 0.2) is 24.3 Å². The minimum Gasteiger partial charge on any atom is -0.387 e. The van der Waals surface area contributed by atoms with Gasteiger partial charge in [-0.25, -0.2) is 0 Å². The van der Waals surface area contributed by atoms with Crippen LogP contribution < -0.4 is 10.6 Å². The van der Waals surface area contributed by atoms with Gasteiger partial charge in [0.15, 0.2) is 0 Å². The van der Waals surface area contributed by atoms with Crippen molar-refractivity contribution < 1.29 is 27.8 Å². The summed E-state index contributed by atoms with van der Waals surface area (Å²) in [6.07, 6.45) is -5.76. The number of ether oxygens (including phenoxy) is 1. The van der Waals surface area contributed by atoms with Crippen molar-refractivity contribution in [3.63, 3.8) is 0 Å². The van der Waals surface area contributed by atoms with Crippen LogP contribution in [0.5, 0.6) is 0 Å². The number of aliphatic hydroxyl groups is 1. The molecule has 9 heteroatoms. The smallest absolute Gasteiger partial charge is 0.387 e. The molecule has 5 nitrogen and oxygen atoms in total. The fourth-order valence-electron chi connectivity index (χ4n) is 2.28. The monoisotopic (exact) mass is 368 g/mol. The molecule has 0 radical (unpaired) electrons. The first kappa shape index (κ1) is 20.7. The molecular weight excluding hydrogens is 349 g/mol. The van der Waals surface area contributed by atoms with Crippen molar-refractivity contribution in [1.29, 1.82) is 0 Å². The molecule has 0 aliphatic carbocycles. The van der Waals surface area contributed by atoms with E-state index in [1.165, 1.54) is 12.1 Å². The molecule has 1 aliphatic heterocycles. The second-order valence-electron chi connectivity index (χ2n) is 5.34. The van der Waals surface area contributed by atoms with Gasteiger partial charge < -0.3 is 20.5 Å². The van der Waals surface area contributed by atoms with Crippen LogP contribution in [-0.4, -0.2) is 43.4 Å². The summed E-state index contributed by atoms with van der Waals surface area (Å²) in [6, 6.07) is 4.43. The van der Waals surface area contributed by atoms with Crippen molar-refractivity contribution in [3.05, 3.63) is 35.4 Å². The first-order valence-electron chi connectivity index (χ1n) is 7.30. The van der Waals surface area contributed by atoms with Gasteiger partial charge in [0.2, 0.25) is 5.91 Å². The molecule has 1 aliphatic rings. The number of hydrogen-bond acceptors (Lipinski definition) is 4. The highest BCUT2D eigenvalue weighted by Gasteiger charge is 2.30. The highest BCUT2D eigenvalue weighted by Crippen LogP contribution is 2.30. The number of amides is 1. The lowest BCUT2D eigenvalue weighted by atomic mass is 10.1. The predicted molar refractivity (Wildman–Crippen MR) is 83.9 cm³/mol. The van der Waals surface area contributed by atoms with Gasteiger partial charge in [-0.1, -0.05) is 12.1 Å². The van der Waals surface area contributed by atoms with Gasteiger partial charge >= 0.3 is 6.18 Å². The Balaban J connectivity index is 0.00000288. The number of halogens is 4. The summed E-state index contributed by atoms with van der Waals surface area (Å²) in [7, 11) is 0. The largest absolute Gasteiger partial charge is 0.416 e. The highest BCUT2D eigenvalue weighted by molar-refractivity contribution is 5.85. The number of hydrogen-bond donors (Lipinski definition) is 3. The van der Waals surface area contributed by atoms with Crippen molar-refractivity contribution >= 4 is 18.3 Å². The lowest BCUT2D eigenvalue weighted by Gasteiger charge is -2.23. The van der Waals surface area contributed by atoms with Crippen molar-refractivity contribution in [3.8, 4) is 0 Å². The minimum absolute atomic E-state index is 0. The molecule has 0 bridgehead atoms. The number of morpholine rings is 1. The van der Waals surface area contributed by atoms with Gasteiger partial charge in [-0.05, 0) is 17.7 Å². The summed E-state index contributed by atoms with van der Waals surface area (Å²) in [6.45, 7) is 1.70. The third-order valence-electron chi connectivity index (χ3n) is 3.51. The molecule has 3 N–H and O–H groups in total. The molecular formula is C15H20ClF3N2O3. The first-order valence-corrected chi connectivity index (χ1v) is 7.30. The van der Waals surface area contributed by atoms with Crippen molar-refractivity contribution in [2.24, 2.45) is 0 Å². The topological polar surface area (TPSA) is 70.6 Å². The summed E-state index contributed by atoms with van der Waals surface area (Å²) in [4.78, 5) is 11.8. The highest BCUT2D eigenvalue weighted by atomic mass is 35.5. The van der Waals surface area contributed by atoms with Gasteiger partial charge in [0.1, 0.15) is 0 Å². The molecule has 0 spiro atoms. The molecule has 1 amide bonds. The van der Waals surface area contributed by atoms with Crippen LogP contribution in [0.1, 0.15) is 23.7 Å². The Morgan fingerprint density at radius 3 is 2.83 bits per heavy atom. The number of carbonyl (C=O) groups excluding carboxylic acids is 1. The predicted octanol–water partition coefficient (Wildman–Crippen LogP) is 1.66. The third-order valence-corrected chi connectivity index (χ3v) is 3.51. The van der Waals surface area contributed by atoms with Crippen LogP contribution >= 0.6 is 12.4 Å². The fraction of sp³-hybridized carbons (Fsp3) is 0.533. The van der Waals surface area contributed by atoms with Gasteiger partial charge in [-0.2, -0.15) is 13.2 Å². The van der Waals surface area contributed by atoms with E-state index < -0.39 is 17.8 Å². The van der Waals surface area contributed by atoms with Gasteiger partial charge in [-0.15, -0.1) is 12.4 Å². The molecule has 1 saturated heterocycles. The van der Waals surface area contributed by atoms with Crippen LogP contribution in [0.25, 0.3) is 0 Å². The average molecular weight is 369 g/mol. The fourth-order valence-corrected chi connectivity index (χ4v) is 2.28. The molecule has 1 aromatic carbocycles. The quantitative estimate of drug-likeness (QED) is 0.739. The van der Waals surface area contributed by atoms with Gasteiger partial charge in [0.05, 0.1) is 30.8 Å². The van der Waals surface area contributed by atoms with Gasteiger partial charge in [0, 0.05) is 19.6 Å². The van der Waals surface area contributed by atoms with Crippen molar-refractivity contribution in [2.75, 3.05) is 26.2 Å². The molecule has 2 atom stereocenters. The minimum atomic E-state index is -4.47. The molecule has 136 valence electrons. The number of benzene rings is 1. The average Bonchev–Trinajstić information content (AvgIpc) is 2.53. The van der Waals surface area contributed by atoms with Crippen molar-refractivity contribution in [1.82, 2.24) is 10.6 Å². The van der Waals surface area contributed by atoms with E-state index in [0.717, 1.165) is 18.7 Å². The van der Waals surface area contributed by atoms with Gasteiger partial charge in [-0.3, -0.25) is 4.79 Å². The Morgan fingerprint density at radius 1 is 1.46 bits per heavy atom. The zero-order chi connectivity index (χ0) is 16.9. The van der Waals surface area contributed by atoms with Crippen LogP contribution in [0.4, 0.5) is 13.2 Å². The van der Waals surface area contributed by atoms with E-state index in [4.69, 9.17) is 4.74 Å². The number of rotatable bonds is 5. The van der Waals surface area contributed by atoms with Crippen molar-refractivity contribution in [2.45, 2.75) is 24.8 Å². The molecule has 1 fully saturated rings. The number of carbonyl (C=O) groups is 1. The maximum Gasteiger partial charge on any atom is 0.416 e. The SMILES string of the molecule is Cl.O=C(CC1CNCCO1)NCC(O)c1cccc(C(F)(F)F)c1. The van der Waals surface area contributed by atoms with E-state index >= 15 is 0 Å². The number of nitrogens with one attached hydrogen (secondary N) is 2. The Kier molecular flexibility index (Phi) is 7.95. The standard InChI is InChI=1S/C15H19F3N2O3.ClH/c16-15(17,18)11-3-1-2-10(6-11)13(21)9-20-14(22)7-12-8-19-4-5-23-12;/h1-3,6,12-13,19,21H,4-5,7-9H2,(H,20,22);1H. The number of alkyl halides is 3. The summed E-state index contributed by atoms with van der Waals surface area (Å²) in [5.41, 5.74) is -0.724. The van der Waals surface area contributed by atoms with E-state index in [1.54, 1.807) is 0 Å². The Labute approximate surface area is 144 Å².